The molecule has 2 aromatic carbocycles. The van der Waals surface area contributed by atoms with Gasteiger partial charge in [-0.3, -0.25) is 4.98 Å². The van der Waals surface area contributed by atoms with Crippen molar-refractivity contribution in [3.63, 3.8) is 0 Å². The number of fused-ring (bicyclic) bond motifs is 1. The first kappa shape index (κ1) is 15.5. The molecule has 0 radical (unpaired) electrons. The Morgan fingerprint density at radius 1 is 1.00 bits per heavy atom. The smallest absolute Gasteiger partial charge is 0.116 e. The van der Waals surface area contributed by atoms with Crippen molar-refractivity contribution in [3.05, 3.63) is 72.1 Å². The molecule has 0 aliphatic carbocycles. The van der Waals surface area contributed by atoms with Gasteiger partial charge in [-0.25, -0.2) is 0 Å². The van der Waals surface area contributed by atoms with Crippen molar-refractivity contribution in [2.45, 2.75) is 31.8 Å². The molecule has 0 fully saturated rings. The Kier molecular flexibility index (Phi) is 4.58. The lowest BCUT2D eigenvalue weighted by Crippen LogP contribution is -2.12. The number of aromatic nitrogens is 1. The van der Waals surface area contributed by atoms with Gasteiger partial charge in [-0.1, -0.05) is 37.3 Å². The van der Waals surface area contributed by atoms with Crippen molar-refractivity contribution in [2.24, 2.45) is 0 Å². The maximum atomic E-state index is 10.1. The van der Waals surface area contributed by atoms with Crippen LogP contribution in [0.15, 0.2) is 60.9 Å². The van der Waals surface area contributed by atoms with Crippen LogP contribution >= 0.6 is 0 Å². The van der Waals surface area contributed by atoms with Gasteiger partial charge in [0.05, 0.1) is 6.10 Å². The van der Waals surface area contributed by atoms with E-state index in [0.29, 0.717) is 6.42 Å². The molecule has 3 aromatic rings. The van der Waals surface area contributed by atoms with Crippen molar-refractivity contribution in [1.29, 1.82) is 0 Å². The zero-order chi connectivity index (χ0) is 16.2. The number of hydrogen-bond acceptors (Lipinski definition) is 3. The Morgan fingerprint density at radius 2 is 1.78 bits per heavy atom. The molecule has 0 aliphatic rings. The molecule has 2 atom stereocenters. The van der Waals surface area contributed by atoms with Crippen LogP contribution in [0.4, 0.5) is 0 Å². The number of aromatic hydroxyl groups is 1. The lowest BCUT2D eigenvalue weighted by molar-refractivity contribution is 0.155. The standard InChI is InChI=1S/C20H21NO2/c1-2-18(22)12-20(17-4-3-9-21-13-17)16-6-5-15-11-19(23)8-7-14(15)10-16/h3-11,13,18,20,22-23H,2,12H2,1H3. The summed E-state index contributed by atoms with van der Waals surface area (Å²) in [6, 6.07) is 15.6. The fourth-order valence-corrected chi connectivity index (χ4v) is 2.95. The zero-order valence-electron chi connectivity index (χ0n) is 13.2. The lowest BCUT2D eigenvalue weighted by atomic mass is 9.86. The second-order valence-corrected chi connectivity index (χ2v) is 5.93. The summed E-state index contributed by atoms with van der Waals surface area (Å²) in [7, 11) is 0. The Morgan fingerprint density at radius 3 is 2.52 bits per heavy atom. The number of phenols is 1. The van der Waals surface area contributed by atoms with E-state index in [1.165, 1.54) is 0 Å². The first-order chi connectivity index (χ1) is 11.2. The quantitative estimate of drug-likeness (QED) is 0.741. The Bertz CT molecular complexity index is 786. The minimum absolute atomic E-state index is 0.108. The van der Waals surface area contributed by atoms with Crippen LogP contribution in [-0.2, 0) is 0 Å². The molecule has 0 amide bonds. The summed E-state index contributed by atoms with van der Waals surface area (Å²) in [6.45, 7) is 1.99. The van der Waals surface area contributed by atoms with Crippen molar-refractivity contribution in [3.8, 4) is 5.75 Å². The lowest BCUT2D eigenvalue weighted by Gasteiger charge is -2.21. The van der Waals surface area contributed by atoms with Crippen molar-refractivity contribution in [2.75, 3.05) is 0 Å². The van der Waals surface area contributed by atoms with E-state index in [1.807, 2.05) is 31.3 Å². The molecule has 2 unspecified atom stereocenters. The topological polar surface area (TPSA) is 53.4 Å². The van der Waals surface area contributed by atoms with Gasteiger partial charge < -0.3 is 10.2 Å². The van der Waals surface area contributed by atoms with Gasteiger partial charge in [0.25, 0.3) is 0 Å². The second kappa shape index (κ2) is 6.80. The molecule has 3 rings (SSSR count). The molecule has 0 spiro atoms. The number of phenolic OH excluding ortho intramolecular Hbond substituents is 1. The van der Waals surface area contributed by atoms with Crippen LogP contribution < -0.4 is 0 Å². The Hall–Kier alpha value is -2.39. The third kappa shape index (κ3) is 3.51. The summed E-state index contributed by atoms with van der Waals surface area (Å²) in [6.07, 6.45) is 4.70. The van der Waals surface area contributed by atoms with Crippen molar-refractivity contribution >= 4 is 10.8 Å². The summed E-state index contributed by atoms with van der Waals surface area (Å²) in [5, 5.41) is 21.8. The van der Waals surface area contributed by atoms with Crippen molar-refractivity contribution < 1.29 is 10.2 Å². The van der Waals surface area contributed by atoms with Gasteiger partial charge in [0, 0.05) is 18.3 Å². The second-order valence-electron chi connectivity index (χ2n) is 5.93. The summed E-state index contributed by atoms with van der Waals surface area (Å²) in [5.41, 5.74) is 2.27. The molecule has 118 valence electrons. The maximum absolute atomic E-state index is 10.1. The number of nitrogens with zero attached hydrogens (tertiary/aromatic N) is 1. The highest BCUT2D eigenvalue weighted by Gasteiger charge is 2.18. The number of hydrogen-bond donors (Lipinski definition) is 2. The number of benzene rings is 2. The predicted octanol–water partition coefficient (Wildman–Crippen LogP) is 4.23. The molecule has 0 bridgehead atoms. The highest BCUT2D eigenvalue weighted by atomic mass is 16.3. The molecule has 2 N–H and O–H groups in total. The molecular weight excluding hydrogens is 286 g/mol. The fraction of sp³-hybridized carbons (Fsp3) is 0.250. The molecule has 23 heavy (non-hydrogen) atoms. The summed E-state index contributed by atoms with van der Waals surface area (Å²) >= 11 is 0. The van der Waals surface area contributed by atoms with E-state index in [0.717, 1.165) is 28.3 Å². The van der Waals surface area contributed by atoms with Crippen LogP contribution in [0.2, 0.25) is 0 Å². The van der Waals surface area contributed by atoms with E-state index in [9.17, 15) is 10.2 Å². The summed E-state index contributed by atoms with van der Waals surface area (Å²) < 4.78 is 0. The summed E-state index contributed by atoms with van der Waals surface area (Å²) in [5.74, 6) is 0.382. The van der Waals surface area contributed by atoms with E-state index >= 15 is 0 Å². The molecule has 3 heteroatoms. The average molecular weight is 307 g/mol. The molecular formula is C20H21NO2. The van der Waals surface area contributed by atoms with E-state index in [4.69, 9.17) is 0 Å². The van der Waals surface area contributed by atoms with Gasteiger partial charge in [0.15, 0.2) is 0 Å². The van der Waals surface area contributed by atoms with E-state index in [1.54, 1.807) is 18.3 Å². The Balaban J connectivity index is 2.03. The van der Waals surface area contributed by atoms with Gasteiger partial charge in [-0.05, 0) is 52.9 Å². The maximum Gasteiger partial charge on any atom is 0.116 e. The van der Waals surface area contributed by atoms with Crippen LogP contribution in [0.1, 0.15) is 36.8 Å². The number of aliphatic hydroxyl groups excluding tert-OH is 1. The normalized spacial score (nSPS) is 13.8. The number of aliphatic hydroxyl groups is 1. The Labute approximate surface area is 136 Å². The molecule has 1 heterocycles. The SMILES string of the molecule is CCC(O)CC(c1cccnc1)c1ccc2cc(O)ccc2c1. The van der Waals surface area contributed by atoms with Gasteiger partial charge in [0.2, 0.25) is 0 Å². The van der Waals surface area contributed by atoms with Crippen LogP contribution in [0.5, 0.6) is 5.75 Å². The molecule has 0 saturated carbocycles. The molecule has 1 aromatic heterocycles. The average Bonchev–Trinajstić information content (AvgIpc) is 2.59. The van der Waals surface area contributed by atoms with E-state index in [2.05, 4.69) is 23.2 Å². The first-order valence-electron chi connectivity index (χ1n) is 7.98. The third-order valence-corrected chi connectivity index (χ3v) is 4.32. The van der Waals surface area contributed by atoms with Crippen LogP contribution in [0.25, 0.3) is 10.8 Å². The summed E-state index contributed by atoms with van der Waals surface area (Å²) in [4.78, 5) is 4.22. The number of pyridine rings is 1. The zero-order valence-corrected chi connectivity index (χ0v) is 13.2. The van der Waals surface area contributed by atoms with Crippen LogP contribution in [0.3, 0.4) is 0 Å². The highest BCUT2D eigenvalue weighted by molar-refractivity contribution is 5.84. The molecule has 0 saturated heterocycles. The van der Waals surface area contributed by atoms with Gasteiger partial charge >= 0.3 is 0 Å². The number of rotatable bonds is 5. The van der Waals surface area contributed by atoms with Gasteiger partial charge in [-0.15, -0.1) is 0 Å². The fourth-order valence-electron chi connectivity index (χ4n) is 2.95. The predicted molar refractivity (Wildman–Crippen MR) is 92.6 cm³/mol. The highest BCUT2D eigenvalue weighted by Crippen LogP contribution is 2.32. The molecule has 3 nitrogen and oxygen atoms in total. The largest absolute Gasteiger partial charge is 0.508 e. The molecule has 0 aliphatic heterocycles. The van der Waals surface area contributed by atoms with Crippen LogP contribution in [-0.4, -0.2) is 21.3 Å². The minimum atomic E-state index is -0.337. The van der Waals surface area contributed by atoms with Gasteiger partial charge in [-0.2, -0.15) is 0 Å². The monoisotopic (exact) mass is 307 g/mol. The van der Waals surface area contributed by atoms with Crippen LogP contribution in [0, 0.1) is 0 Å². The van der Waals surface area contributed by atoms with Gasteiger partial charge in [0.1, 0.15) is 5.75 Å². The first-order valence-corrected chi connectivity index (χ1v) is 7.98. The minimum Gasteiger partial charge on any atom is -0.508 e. The van der Waals surface area contributed by atoms with E-state index < -0.39 is 0 Å². The van der Waals surface area contributed by atoms with Crippen molar-refractivity contribution in [1.82, 2.24) is 4.98 Å². The van der Waals surface area contributed by atoms with E-state index in [-0.39, 0.29) is 17.8 Å². The third-order valence-electron chi connectivity index (χ3n) is 4.32.